The van der Waals surface area contributed by atoms with Crippen molar-refractivity contribution in [1.29, 1.82) is 0 Å². The summed E-state index contributed by atoms with van der Waals surface area (Å²) in [4.78, 5) is 1.33. The fourth-order valence-corrected chi connectivity index (χ4v) is 1.94. The van der Waals surface area contributed by atoms with E-state index in [1.165, 1.54) is 10.5 Å². The summed E-state index contributed by atoms with van der Waals surface area (Å²) in [6.07, 6.45) is 4.26. The van der Waals surface area contributed by atoms with Crippen molar-refractivity contribution in [3.8, 4) is 0 Å². The second-order valence-corrected chi connectivity index (χ2v) is 5.68. The molecule has 1 nitrogen and oxygen atoms in total. The first-order valence-electron chi connectivity index (χ1n) is 5.12. The van der Waals surface area contributed by atoms with Gasteiger partial charge in [-0.1, -0.05) is 19.1 Å². The fraction of sp³-hybridized carbons (Fsp3) is 0.500. The molecule has 0 saturated heterocycles. The minimum absolute atomic E-state index is 0.690. The van der Waals surface area contributed by atoms with E-state index in [1.807, 2.05) is 11.8 Å². The molecule has 1 atom stereocenters. The molecule has 0 fully saturated rings. The molecule has 1 aromatic carbocycles. The Labute approximate surface area is 101 Å². The lowest BCUT2D eigenvalue weighted by atomic mass is 10.2. The van der Waals surface area contributed by atoms with Crippen molar-refractivity contribution in [2.75, 3.05) is 19.1 Å². The van der Waals surface area contributed by atoms with Crippen LogP contribution in [0.4, 0.5) is 0 Å². The second-order valence-electron chi connectivity index (χ2n) is 3.53. The Kier molecular flexibility index (Phi) is 6.22. The Morgan fingerprint density at radius 3 is 2.40 bits per heavy atom. The van der Waals surface area contributed by atoms with Crippen LogP contribution >= 0.6 is 23.5 Å². The van der Waals surface area contributed by atoms with Crippen LogP contribution in [0.15, 0.2) is 29.2 Å². The zero-order valence-corrected chi connectivity index (χ0v) is 11.3. The summed E-state index contributed by atoms with van der Waals surface area (Å²) in [6, 6.07) is 8.75. The molecule has 0 amide bonds. The Hall–Kier alpha value is -0.120. The molecule has 1 rings (SSSR count). The molecule has 0 aromatic heterocycles. The van der Waals surface area contributed by atoms with Crippen molar-refractivity contribution in [1.82, 2.24) is 5.32 Å². The number of nitrogens with one attached hydrogen (secondary N) is 1. The molecule has 1 aromatic rings. The van der Waals surface area contributed by atoms with E-state index in [0.717, 1.165) is 13.1 Å². The van der Waals surface area contributed by atoms with Crippen molar-refractivity contribution in [3.63, 3.8) is 0 Å². The molecule has 0 aliphatic carbocycles. The molecule has 0 aliphatic rings. The maximum atomic E-state index is 3.46. The van der Waals surface area contributed by atoms with Gasteiger partial charge in [0.05, 0.1) is 0 Å². The average Bonchev–Trinajstić information content (AvgIpc) is 2.29. The van der Waals surface area contributed by atoms with E-state index in [9.17, 15) is 0 Å². The van der Waals surface area contributed by atoms with Crippen molar-refractivity contribution < 1.29 is 0 Å². The van der Waals surface area contributed by atoms with Crippen molar-refractivity contribution in [2.45, 2.75) is 23.6 Å². The van der Waals surface area contributed by atoms with Crippen molar-refractivity contribution in [3.05, 3.63) is 29.8 Å². The molecule has 0 bridgehead atoms. The highest BCUT2D eigenvalue weighted by Crippen LogP contribution is 2.14. The summed E-state index contributed by atoms with van der Waals surface area (Å²) in [5, 5.41) is 4.15. The number of rotatable bonds is 6. The molecule has 0 aliphatic heterocycles. The lowest BCUT2D eigenvalue weighted by molar-refractivity contribution is 0.684. The highest BCUT2D eigenvalue weighted by Gasteiger charge is 1.98. The first-order chi connectivity index (χ1) is 7.26. The van der Waals surface area contributed by atoms with Crippen LogP contribution in [0, 0.1) is 0 Å². The van der Waals surface area contributed by atoms with E-state index in [4.69, 9.17) is 0 Å². The Bertz CT molecular complexity index is 271. The Morgan fingerprint density at radius 1 is 1.20 bits per heavy atom. The van der Waals surface area contributed by atoms with Gasteiger partial charge in [0.15, 0.2) is 0 Å². The molecule has 84 valence electrons. The summed E-state index contributed by atoms with van der Waals surface area (Å²) in [5.74, 6) is 0. The molecule has 1 unspecified atom stereocenters. The second kappa shape index (κ2) is 7.20. The SMILES string of the molecule is CSc1ccc(CNCC(C)SC)cc1. The van der Waals surface area contributed by atoms with Crippen molar-refractivity contribution >= 4 is 23.5 Å². The first kappa shape index (κ1) is 12.9. The van der Waals surface area contributed by atoms with E-state index in [-0.39, 0.29) is 0 Å². The molecule has 0 spiro atoms. The predicted molar refractivity (Wildman–Crippen MR) is 72.9 cm³/mol. The average molecular weight is 241 g/mol. The van der Waals surface area contributed by atoms with Crippen LogP contribution in [-0.2, 0) is 6.54 Å². The Morgan fingerprint density at radius 2 is 1.87 bits per heavy atom. The van der Waals surface area contributed by atoms with Gasteiger partial charge in [-0.2, -0.15) is 11.8 Å². The molecule has 0 heterocycles. The van der Waals surface area contributed by atoms with Gasteiger partial charge in [-0.05, 0) is 30.2 Å². The van der Waals surface area contributed by atoms with E-state index < -0.39 is 0 Å². The zero-order valence-electron chi connectivity index (χ0n) is 9.62. The molecular formula is C12H19NS2. The van der Waals surface area contributed by atoms with Crippen LogP contribution in [-0.4, -0.2) is 24.3 Å². The summed E-state index contributed by atoms with van der Waals surface area (Å²) >= 11 is 3.69. The molecule has 0 saturated carbocycles. The molecule has 1 N–H and O–H groups in total. The van der Waals surface area contributed by atoms with Crippen LogP contribution < -0.4 is 5.32 Å². The van der Waals surface area contributed by atoms with Crippen LogP contribution in [0.2, 0.25) is 0 Å². The van der Waals surface area contributed by atoms with Gasteiger partial charge in [-0.15, -0.1) is 11.8 Å². The first-order valence-corrected chi connectivity index (χ1v) is 7.64. The van der Waals surface area contributed by atoms with Gasteiger partial charge >= 0.3 is 0 Å². The predicted octanol–water partition coefficient (Wildman–Crippen LogP) is 3.25. The third kappa shape index (κ3) is 4.96. The largest absolute Gasteiger partial charge is 0.312 e. The maximum Gasteiger partial charge on any atom is 0.0205 e. The fourth-order valence-electron chi connectivity index (χ4n) is 1.25. The number of hydrogen-bond acceptors (Lipinski definition) is 3. The number of benzene rings is 1. The highest BCUT2D eigenvalue weighted by atomic mass is 32.2. The van der Waals surface area contributed by atoms with Gasteiger partial charge in [-0.3, -0.25) is 0 Å². The minimum Gasteiger partial charge on any atom is -0.312 e. The van der Waals surface area contributed by atoms with E-state index in [0.29, 0.717) is 5.25 Å². The third-order valence-corrected chi connectivity index (χ3v) is 4.04. The van der Waals surface area contributed by atoms with Gasteiger partial charge in [0.1, 0.15) is 0 Å². The van der Waals surface area contributed by atoms with E-state index in [1.54, 1.807) is 11.8 Å². The number of thioether (sulfide) groups is 2. The van der Waals surface area contributed by atoms with Crippen LogP contribution in [0.5, 0.6) is 0 Å². The minimum atomic E-state index is 0.690. The van der Waals surface area contributed by atoms with Gasteiger partial charge in [-0.25, -0.2) is 0 Å². The summed E-state index contributed by atoms with van der Waals surface area (Å²) in [6.45, 7) is 4.29. The van der Waals surface area contributed by atoms with Gasteiger partial charge in [0.2, 0.25) is 0 Å². The normalized spacial score (nSPS) is 12.7. The highest BCUT2D eigenvalue weighted by molar-refractivity contribution is 7.99. The third-order valence-electron chi connectivity index (χ3n) is 2.32. The number of hydrogen-bond donors (Lipinski definition) is 1. The van der Waals surface area contributed by atoms with Gasteiger partial charge in [0, 0.05) is 23.2 Å². The standard InChI is InChI=1S/C12H19NS2/c1-10(14-2)8-13-9-11-4-6-12(15-3)7-5-11/h4-7,10,13H,8-9H2,1-3H3. The smallest absolute Gasteiger partial charge is 0.0205 e. The van der Waals surface area contributed by atoms with E-state index >= 15 is 0 Å². The summed E-state index contributed by atoms with van der Waals surface area (Å²) in [7, 11) is 0. The molecular weight excluding hydrogens is 222 g/mol. The zero-order chi connectivity index (χ0) is 11.1. The summed E-state index contributed by atoms with van der Waals surface area (Å²) < 4.78 is 0. The molecule has 15 heavy (non-hydrogen) atoms. The van der Waals surface area contributed by atoms with Gasteiger partial charge in [0.25, 0.3) is 0 Å². The monoisotopic (exact) mass is 241 g/mol. The van der Waals surface area contributed by atoms with Crippen molar-refractivity contribution in [2.24, 2.45) is 0 Å². The topological polar surface area (TPSA) is 12.0 Å². The van der Waals surface area contributed by atoms with E-state index in [2.05, 4.69) is 49.0 Å². The Balaban J connectivity index is 2.31. The molecule has 0 radical (unpaired) electrons. The quantitative estimate of drug-likeness (QED) is 0.768. The maximum absolute atomic E-state index is 3.46. The van der Waals surface area contributed by atoms with Crippen LogP contribution in [0.3, 0.4) is 0 Å². The molecule has 3 heteroatoms. The van der Waals surface area contributed by atoms with Gasteiger partial charge < -0.3 is 5.32 Å². The lowest BCUT2D eigenvalue weighted by Crippen LogP contribution is -2.21. The lowest BCUT2D eigenvalue weighted by Gasteiger charge is -2.09. The summed E-state index contributed by atoms with van der Waals surface area (Å²) in [5.41, 5.74) is 1.36. The van der Waals surface area contributed by atoms with Crippen LogP contribution in [0.1, 0.15) is 12.5 Å². The van der Waals surface area contributed by atoms with Crippen LogP contribution in [0.25, 0.3) is 0 Å².